The lowest BCUT2D eigenvalue weighted by Gasteiger charge is -2.12. The molecule has 2 nitrogen and oxygen atoms in total. The minimum Gasteiger partial charge on any atom is -0.289 e. The Balaban J connectivity index is 1.60. The van der Waals surface area contributed by atoms with Crippen molar-refractivity contribution in [2.45, 2.75) is 0 Å². The number of carbonyl (C=O) groups is 2. The van der Waals surface area contributed by atoms with Crippen molar-refractivity contribution in [3.63, 3.8) is 0 Å². The third-order valence-corrected chi connectivity index (χ3v) is 7.21. The highest BCUT2D eigenvalue weighted by Crippen LogP contribution is 2.54. The van der Waals surface area contributed by atoms with Crippen molar-refractivity contribution in [1.29, 1.82) is 0 Å². The first-order valence-corrected chi connectivity index (χ1v) is 12.8. The Bertz CT molecular complexity index is 1360. The fraction of sp³-hybridized carbons (Fsp3) is 0.0556. The van der Waals surface area contributed by atoms with Crippen LogP contribution in [-0.2, 0) is 9.59 Å². The molecule has 2 saturated carbocycles. The SMILES string of the molecule is O=C1/C(=C\c2ccccc2)C2/C(=C/c3ccccc3)C(=O)/C(=C/c3ccccc3)C2/C1=C/c1ccccc1. The van der Waals surface area contributed by atoms with Crippen molar-refractivity contribution >= 4 is 35.9 Å². The largest absolute Gasteiger partial charge is 0.289 e. The molecule has 0 radical (unpaired) electrons. The highest BCUT2D eigenvalue weighted by molar-refractivity contribution is 6.27. The molecule has 0 amide bonds. The van der Waals surface area contributed by atoms with Crippen molar-refractivity contribution in [2.75, 3.05) is 0 Å². The molecular weight excluding hydrogens is 464 g/mol. The summed E-state index contributed by atoms with van der Waals surface area (Å²) in [6, 6.07) is 39.5. The van der Waals surface area contributed by atoms with Crippen molar-refractivity contribution in [2.24, 2.45) is 11.8 Å². The molecule has 0 N–H and O–H groups in total. The summed E-state index contributed by atoms with van der Waals surface area (Å²) in [6.45, 7) is 0. The number of hydrogen-bond donors (Lipinski definition) is 0. The molecule has 0 bridgehead atoms. The van der Waals surface area contributed by atoms with E-state index in [-0.39, 0.29) is 23.4 Å². The third-order valence-electron chi connectivity index (χ3n) is 7.21. The Morgan fingerprint density at radius 1 is 0.342 bits per heavy atom. The van der Waals surface area contributed by atoms with Gasteiger partial charge in [0.05, 0.1) is 0 Å². The summed E-state index contributed by atoms with van der Waals surface area (Å²) >= 11 is 0. The molecule has 38 heavy (non-hydrogen) atoms. The van der Waals surface area contributed by atoms with Crippen LogP contribution in [0.5, 0.6) is 0 Å². The number of allylic oxidation sites excluding steroid dienone is 4. The Morgan fingerprint density at radius 3 is 0.763 bits per heavy atom. The number of fused-ring (bicyclic) bond motifs is 1. The van der Waals surface area contributed by atoms with Gasteiger partial charge in [0.2, 0.25) is 0 Å². The Morgan fingerprint density at radius 2 is 0.553 bits per heavy atom. The second-order valence-corrected chi connectivity index (χ2v) is 9.66. The lowest BCUT2D eigenvalue weighted by Crippen LogP contribution is -2.08. The zero-order valence-corrected chi connectivity index (χ0v) is 20.8. The molecule has 2 atom stereocenters. The van der Waals surface area contributed by atoms with Gasteiger partial charge in [-0.05, 0) is 46.6 Å². The minimum atomic E-state index is -0.347. The van der Waals surface area contributed by atoms with Crippen molar-refractivity contribution in [1.82, 2.24) is 0 Å². The summed E-state index contributed by atoms with van der Waals surface area (Å²) < 4.78 is 0. The Labute approximate surface area is 223 Å². The van der Waals surface area contributed by atoms with E-state index in [2.05, 4.69) is 0 Å². The molecule has 6 rings (SSSR count). The number of Topliss-reactive ketones (excluding diaryl/α,β-unsaturated/α-hetero) is 2. The Kier molecular flexibility index (Phi) is 6.37. The predicted octanol–water partition coefficient (Wildman–Crippen LogP) is 7.72. The van der Waals surface area contributed by atoms with Crippen LogP contribution in [0.4, 0.5) is 0 Å². The van der Waals surface area contributed by atoms with Gasteiger partial charge in [-0.1, -0.05) is 121 Å². The van der Waals surface area contributed by atoms with Crippen LogP contribution in [0.25, 0.3) is 24.3 Å². The molecule has 182 valence electrons. The second kappa shape index (κ2) is 10.3. The number of hydrogen-bond acceptors (Lipinski definition) is 2. The van der Waals surface area contributed by atoms with E-state index < -0.39 is 0 Å². The molecule has 2 heteroatoms. The van der Waals surface area contributed by atoms with E-state index in [1.54, 1.807) is 0 Å². The first kappa shape index (κ1) is 23.6. The van der Waals surface area contributed by atoms with E-state index in [0.717, 1.165) is 22.3 Å². The molecule has 4 aromatic rings. The monoisotopic (exact) mass is 490 g/mol. The zero-order valence-electron chi connectivity index (χ0n) is 20.8. The van der Waals surface area contributed by atoms with E-state index in [1.165, 1.54) is 0 Å². The summed E-state index contributed by atoms with van der Waals surface area (Å²) in [4.78, 5) is 28.3. The summed E-state index contributed by atoms with van der Waals surface area (Å²) in [5.41, 5.74) is 6.44. The molecule has 0 aromatic heterocycles. The predicted molar refractivity (Wildman–Crippen MR) is 155 cm³/mol. The molecule has 0 spiro atoms. The van der Waals surface area contributed by atoms with Crippen LogP contribution in [-0.4, -0.2) is 11.6 Å². The van der Waals surface area contributed by atoms with Gasteiger partial charge in [0.25, 0.3) is 0 Å². The van der Waals surface area contributed by atoms with E-state index in [0.29, 0.717) is 22.3 Å². The summed E-state index contributed by atoms with van der Waals surface area (Å²) in [5, 5.41) is 0. The summed E-state index contributed by atoms with van der Waals surface area (Å²) in [6.07, 6.45) is 7.85. The summed E-state index contributed by atoms with van der Waals surface area (Å²) in [7, 11) is 0. The lowest BCUT2D eigenvalue weighted by molar-refractivity contribution is -0.112. The third kappa shape index (κ3) is 4.53. The van der Waals surface area contributed by atoms with Gasteiger partial charge in [-0.2, -0.15) is 0 Å². The first-order valence-electron chi connectivity index (χ1n) is 12.8. The zero-order chi connectivity index (χ0) is 25.9. The van der Waals surface area contributed by atoms with Gasteiger partial charge in [0.1, 0.15) is 0 Å². The van der Waals surface area contributed by atoms with Gasteiger partial charge in [-0.3, -0.25) is 9.59 Å². The van der Waals surface area contributed by atoms with Crippen LogP contribution in [0.15, 0.2) is 144 Å². The lowest BCUT2D eigenvalue weighted by atomic mass is 9.88. The number of carbonyl (C=O) groups excluding carboxylic acids is 2. The normalized spacial score (nSPS) is 23.1. The molecule has 4 aromatic carbocycles. The molecule has 2 aliphatic carbocycles. The average molecular weight is 491 g/mol. The van der Waals surface area contributed by atoms with Crippen LogP contribution in [0.1, 0.15) is 22.3 Å². The molecule has 0 aliphatic heterocycles. The van der Waals surface area contributed by atoms with Gasteiger partial charge in [0.15, 0.2) is 11.6 Å². The molecular formula is C36H26O2. The van der Waals surface area contributed by atoms with E-state index in [1.807, 2.05) is 146 Å². The topological polar surface area (TPSA) is 34.1 Å². The number of rotatable bonds is 4. The molecule has 2 aliphatic rings. The van der Waals surface area contributed by atoms with Crippen LogP contribution < -0.4 is 0 Å². The average Bonchev–Trinajstić information content (AvgIpc) is 3.37. The molecule has 2 fully saturated rings. The van der Waals surface area contributed by atoms with Gasteiger partial charge in [-0.15, -0.1) is 0 Å². The van der Waals surface area contributed by atoms with Crippen LogP contribution in [0.3, 0.4) is 0 Å². The maximum absolute atomic E-state index is 14.1. The standard InChI is InChI=1S/C36H26O2/c37-35-29(21-25-13-5-1-6-14-25)33-30(22-26-15-7-2-8-16-26)36(38)32(24-28-19-11-4-12-20-28)34(33)31(35)23-27-17-9-3-10-18-27/h1-24,33-34H/b29-21-,30-22-,31-23-,32-24+. The minimum absolute atomic E-state index is 0.00173. The van der Waals surface area contributed by atoms with Crippen molar-refractivity contribution in [3.8, 4) is 0 Å². The van der Waals surface area contributed by atoms with Crippen LogP contribution in [0.2, 0.25) is 0 Å². The van der Waals surface area contributed by atoms with Crippen LogP contribution in [0, 0.1) is 11.8 Å². The molecule has 2 unspecified atom stereocenters. The number of benzene rings is 4. The van der Waals surface area contributed by atoms with Crippen molar-refractivity contribution < 1.29 is 9.59 Å². The maximum atomic E-state index is 14.1. The summed E-state index contributed by atoms with van der Waals surface area (Å²) in [5.74, 6) is -0.697. The smallest absolute Gasteiger partial charge is 0.186 e. The van der Waals surface area contributed by atoms with Gasteiger partial charge < -0.3 is 0 Å². The Hall–Kier alpha value is -4.82. The van der Waals surface area contributed by atoms with E-state index in [4.69, 9.17) is 0 Å². The van der Waals surface area contributed by atoms with Crippen molar-refractivity contribution in [3.05, 3.63) is 166 Å². The fourth-order valence-corrected chi connectivity index (χ4v) is 5.49. The second-order valence-electron chi connectivity index (χ2n) is 9.66. The van der Waals surface area contributed by atoms with Gasteiger partial charge >= 0.3 is 0 Å². The van der Waals surface area contributed by atoms with Gasteiger partial charge in [-0.25, -0.2) is 0 Å². The highest BCUT2D eigenvalue weighted by Gasteiger charge is 2.53. The molecule has 0 saturated heterocycles. The quantitative estimate of drug-likeness (QED) is 0.275. The first-order chi connectivity index (χ1) is 18.7. The maximum Gasteiger partial charge on any atom is 0.186 e. The molecule has 0 heterocycles. The van der Waals surface area contributed by atoms with E-state index in [9.17, 15) is 9.59 Å². The van der Waals surface area contributed by atoms with E-state index >= 15 is 0 Å². The van der Waals surface area contributed by atoms with Gasteiger partial charge in [0, 0.05) is 34.1 Å². The highest BCUT2D eigenvalue weighted by atomic mass is 16.1. The fourth-order valence-electron chi connectivity index (χ4n) is 5.49. The van der Waals surface area contributed by atoms with Crippen LogP contribution >= 0.6 is 0 Å². The number of ketones is 2.